The van der Waals surface area contributed by atoms with Gasteiger partial charge in [0.2, 0.25) is 0 Å². The fourth-order valence-electron chi connectivity index (χ4n) is 1.86. The van der Waals surface area contributed by atoms with Gasteiger partial charge in [-0.05, 0) is 25.0 Å². The summed E-state index contributed by atoms with van der Waals surface area (Å²) >= 11 is 0. The van der Waals surface area contributed by atoms with Crippen LogP contribution in [0.5, 0.6) is 0 Å². The van der Waals surface area contributed by atoms with Crippen molar-refractivity contribution < 1.29 is 9.18 Å². The van der Waals surface area contributed by atoms with E-state index in [-0.39, 0.29) is 23.4 Å². The van der Waals surface area contributed by atoms with E-state index >= 15 is 0 Å². The average molecular weight is 274 g/mol. The Labute approximate surface area is 115 Å². The number of halogens is 1. The zero-order chi connectivity index (χ0) is 14.5. The van der Waals surface area contributed by atoms with Gasteiger partial charge in [-0.15, -0.1) is 0 Å². The molecule has 0 aliphatic carbocycles. The monoisotopic (exact) mass is 274 g/mol. The predicted octanol–water partition coefficient (Wildman–Crippen LogP) is 1.79. The Morgan fingerprint density at radius 3 is 2.80 bits per heavy atom. The third-order valence-corrected chi connectivity index (χ3v) is 2.94. The summed E-state index contributed by atoms with van der Waals surface area (Å²) in [5.41, 5.74) is 0.956. The number of aryl methyl sites for hydroxylation is 1. The molecular formula is C15H15FN2O2. The second-order valence-corrected chi connectivity index (χ2v) is 4.49. The second kappa shape index (κ2) is 6.14. The van der Waals surface area contributed by atoms with E-state index in [2.05, 4.69) is 10.3 Å². The van der Waals surface area contributed by atoms with Gasteiger partial charge in [0.25, 0.3) is 5.91 Å². The maximum Gasteiger partial charge on any atom is 0.256 e. The Morgan fingerprint density at radius 2 is 2.10 bits per heavy atom. The van der Waals surface area contributed by atoms with E-state index in [1.54, 1.807) is 25.1 Å². The number of pyridine rings is 1. The largest absolute Gasteiger partial charge is 0.364 e. The van der Waals surface area contributed by atoms with Crippen molar-refractivity contribution >= 4 is 5.91 Å². The maximum atomic E-state index is 13.4. The number of rotatable bonds is 4. The molecule has 0 aliphatic rings. The van der Waals surface area contributed by atoms with Crippen LogP contribution in [-0.2, 0) is 6.42 Å². The van der Waals surface area contributed by atoms with Crippen molar-refractivity contribution in [2.45, 2.75) is 13.3 Å². The van der Waals surface area contributed by atoms with Gasteiger partial charge in [0.15, 0.2) is 5.43 Å². The summed E-state index contributed by atoms with van der Waals surface area (Å²) in [7, 11) is 0. The first kappa shape index (κ1) is 14.0. The van der Waals surface area contributed by atoms with Crippen molar-refractivity contribution in [1.82, 2.24) is 10.3 Å². The maximum absolute atomic E-state index is 13.4. The third kappa shape index (κ3) is 3.32. The van der Waals surface area contributed by atoms with Crippen molar-refractivity contribution in [1.29, 1.82) is 0 Å². The van der Waals surface area contributed by atoms with Crippen molar-refractivity contribution in [3.05, 3.63) is 69.4 Å². The molecule has 20 heavy (non-hydrogen) atoms. The lowest BCUT2D eigenvalue weighted by atomic mass is 10.1. The number of H-pyrrole nitrogens is 1. The van der Waals surface area contributed by atoms with Gasteiger partial charge >= 0.3 is 0 Å². The summed E-state index contributed by atoms with van der Waals surface area (Å²) < 4.78 is 13.4. The van der Waals surface area contributed by atoms with Crippen LogP contribution < -0.4 is 10.7 Å². The summed E-state index contributed by atoms with van der Waals surface area (Å²) in [6, 6.07) is 7.77. The quantitative estimate of drug-likeness (QED) is 0.893. The standard InChI is InChI=1S/C15H15FN2O2/c1-10-8-14(19)12(9-18-10)15(20)17-7-6-11-4-2-3-5-13(11)16/h2-5,8-9H,6-7H2,1H3,(H,17,20)(H,18,19). The molecule has 1 amide bonds. The lowest BCUT2D eigenvalue weighted by molar-refractivity contribution is 0.0952. The molecule has 0 fully saturated rings. The molecule has 104 valence electrons. The van der Waals surface area contributed by atoms with Crippen LogP contribution in [0.3, 0.4) is 0 Å². The highest BCUT2D eigenvalue weighted by Crippen LogP contribution is 2.06. The second-order valence-electron chi connectivity index (χ2n) is 4.49. The molecule has 0 saturated carbocycles. The van der Waals surface area contributed by atoms with Crippen LogP contribution in [0.1, 0.15) is 21.6 Å². The van der Waals surface area contributed by atoms with Gasteiger partial charge in [-0.2, -0.15) is 0 Å². The molecule has 5 heteroatoms. The minimum atomic E-state index is -0.456. The first-order valence-corrected chi connectivity index (χ1v) is 6.29. The van der Waals surface area contributed by atoms with Crippen LogP contribution in [0.2, 0.25) is 0 Å². The Balaban J connectivity index is 1.96. The Morgan fingerprint density at radius 1 is 1.35 bits per heavy atom. The molecule has 0 radical (unpaired) electrons. The van der Waals surface area contributed by atoms with Crippen molar-refractivity contribution in [3.63, 3.8) is 0 Å². The Bertz CT molecular complexity index is 680. The first-order chi connectivity index (χ1) is 9.58. The van der Waals surface area contributed by atoms with Gasteiger partial charge in [0.1, 0.15) is 11.4 Å². The minimum absolute atomic E-state index is 0.0594. The number of aromatic nitrogens is 1. The van der Waals surface area contributed by atoms with E-state index in [1.807, 2.05) is 0 Å². The smallest absolute Gasteiger partial charge is 0.256 e. The summed E-state index contributed by atoms with van der Waals surface area (Å²) in [6.45, 7) is 2.01. The van der Waals surface area contributed by atoms with E-state index in [9.17, 15) is 14.0 Å². The molecule has 1 aromatic heterocycles. The molecule has 0 bridgehead atoms. The molecule has 0 spiro atoms. The van der Waals surface area contributed by atoms with E-state index in [0.717, 1.165) is 0 Å². The molecule has 0 unspecified atom stereocenters. The molecule has 2 aromatic rings. The fourth-order valence-corrected chi connectivity index (χ4v) is 1.86. The number of hydrogen-bond acceptors (Lipinski definition) is 2. The fraction of sp³-hybridized carbons (Fsp3) is 0.200. The minimum Gasteiger partial charge on any atom is -0.364 e. The average Bonchev–Trinajstić information content (AvgIpc) is 2.40. The molecule has 0 saturated heterocycles. The number of carbonyl (C=O) groups excluding carboxylic acids is 1. The zero-order valence-corrected chi connectivity index (χ0v) is 11.1. The molecule has 2 rings (SSSR count). The summed E-state index contributed by atoms with van der Waals surface area (Å²) in [4.78, 5) is 26.3. The molecule has 4 nitrogen and oxygen atoms in total. The SMILES string of the molecule is Cc1cc(=O)c(C(=O)NCCc2ccccc2F)c[nH]1. The van der Waals surface area contributed by atoms with Gasteiger partial charge in [0, 0.05) is 24.5 Å². The van der Waals surface area contributed by atoms with Crippen molar-refractivity contribution in [2.24, 2.45) is 0 Å². The summed E-state index contributed by atoms with van der Waals surface area (Å²) in [6.07, 6.45) is 1.76. The topological polar surface area (TPSA) is 62.0 Å². The number of nitrogens with one attached hydrogen (secondary N) is 2. The van der Waals surface area contributed by atoms with Crippen LogP contribution in [0.25, 0.3) is 0 Å². The molecular weight excluding hydrogens is 259 g/mol. The molecule has 0 aliphatic heterocycles. The summed E-state index contributed by atoms with van der Waals surface area (Å²) in [5, 5.41) is 2.61. The highest BCUT2D eigenvalue weighted by molar-refractivity contribution is 5.93. The van der Waals surface area contributed by atoms with Crippen molar-refractivity contribution in [3.8, 4) is 0 Å². The predicted molar refractivity (Wildman–Crippen MR) is 74.2 cm³/mol. The van der Waals surface area contributed by atoms with Gasteiger partial charge < -0.3 is 10.3 Å². The van der Waals surface area contributed by atoms with E-state index in [1.165, 1.54) is 18.3 Å². The number of hydrogen-bond donors (Lipinski definition) is 2. The first-order valence-electron chi connectivity index (χ1n) is 6.29. The van der Waals surface area contributed by atoms with E-state index < -0.39 is 5.91 Å². The van der Waals surface area contributed by atoms with E-state index in [4.69, 9.17) is 0 Å². The lowest BCUT2D eigenvalue weighted by Gasteiger charge is -2.06. The van der Waals surface area contributed by atoms with Gasteiger partial charge in [-0.3, -0.25) is 9.59 Å². The Kier molecular flexibility index (Phi) is 4.30. The van der Waals surface area contributed by atoms with Crippen LogP contribution in [0.4, 0.5) is 4.39 Å². The van der Waals surface area contributed by atoms with Gasteiger partial charge in [0.05, 0.1) is 0 Å². The zero-order valence-electron chi connectivity index (χ0n) is 11.1. The van der Waals surface area contributed by atoms with Crippen molar-refractivity contribution in [2.75, 3.05) is 6.54 Å². The lowest BCUT2D eigenvalue weighted by Crippen LogP contribution is -2.30. The normalized spacial score (nSPS) is 10.3. The summed E-state index contributed by atoms with van der Waals surface area (Å²) in [5.74, 6) is -0.752. The Hall–Kier alpha value is -2.43. The number of carbonyl (C=O) groups is 1. The molecule has 0 atom stereocenters. The van der Waals surface area contributed by atoms with E-state index in [0.29, 0.717) is 17.7 Å². The molecule has 2 N–H and O–H groups in total. The van der Waals surface area contributed by atoms with Crippen LogP contribution in [0.15, 0.2) is 41.3 Å². The van der Waals surface area contributed by atoms with Gasteiger partial charge in [-0.25, -0.2) is 4.39 Å². The van der Waals surface area contributed by atoms with Crippen LogP contribution >= 0.6 is 0 Å². The highest BCUT2D eigenvalue weighted by Gasteiger charge is 2.10. The van der Waals surface area contributed by atoms with Crippen LogP contribution in [0, 0.1) is 12.7 Å². The highest BCUT2D eigenvalue weighted by atomic mass is 19.1. The molecule has 1 heterocycles. The third-order valence-electron chi connectivity index (χ3n) is 2.94. The number of amides is 1. The number of aromatic amines is 1. The molecule has 1 aromatic carbocycles. The number of benzene rings is 1. The van der Waals surface area contributed by atoms with Crippen LogP contribution in [-0.4, -0.2) is 17.4 Å². The van der Waals surface area contributed by atoms with Gasteiger partial charge in [-0.1, -0.05) is 18.2 Å².